The van der Waals surface area contributed by atoms with Crippen LogP contribution in [-0.4, -0.2) is 18.0 Å². The van der Waals surface area contributed by atoms with E-state index >= 15 is 0 Å². The number of nitrogens with zero attached hydrogens (tertiary/aromatic N) is 1. The van der Waals surface area contributed by atoms with Crippen molar-refractivity contribution in [1.82, 2.24) is 4.90 Å². The van der Waals surface area contributed by atoms with Crippen LogP contribution in [0, 0.1) is 5.41 Å². The minimum Gasteiger partial charge on any atom is -0.300 e. The van der Waals surface area contributed by atoms with Crippen molar-refractivity contribution in [2.75, 3.05) is 13.1 Å². The molecule has 1 heteroatoms. The first-order valence-electron chi connectivity index (χ1n) is 10.9. The van der Waals surface area contributed by atoms with Gasteiger partial charge in [0.15, 0.2) is 0 Å². The van der Waals surface area contributed by atoms with Gasteiger partial charge in [-0.15, -0.1) is 0 Å². The quantitative estimate of drug-likeness (QED) is 0.422. The van der Waals surface area contributed by atoms with Gasteiger partial charge in [0.25, 0.3) is 0 Å². The lowest BCUT2D eigenvalue weighted by atomic mass is 9.72. The van der Waals surface area contributed by atoms with Gasteiger partial charge in [-0.1, -0.05) is 93.5 Å². The number of rotatable bonds is 8. The van der Waals surface area contributed by atoms with Crippen molar-refractivity contribution < 1.29 is 0 Å². The Kier molecular flexibility index (Phi) is 8.51. The van der Waals surface area contributed by atoms with Gasteiger partial charge in [0.1, 0.15) is 0 Å². The van der Waals surface area contributed by atoms with Gasteiger partial charge in [-0.2, -0.15) is 0 Å². The van der Waals surface area contributed by atoms with Crippen LogP contribution in [0.15, 0.2) is 65.3 Å². The van der Waals surface area contributed by atoms with Crippen molar-refractivity contribution in [1.29, 1.82) is 0 Å². The average molecular weight is 378 g/mol. The number of allylic oxidation sites excluding steroid dienone is 7. The molecule has 0 atom stereocenters. The van der Waals surface area contributed by atoms with Crippen molar-refractivity contribution >= 4 is 6.08 Å². The topological polar surface area (TPSA) is 3.24 Å². The summed E-state index contributed by atoms with van der Waals surface area (Å²) in [6, 6.07) is 8.92. The van der Waals surface area contributed by atoms with E-state index in [1.54, 1.807) is 5.57 Å². The van der Waals surface area contributed by atoms with Crippen molar-refractivity contribution in [3.63, 3.8) is 0 Å². The van der Waals surface area contributed by atoms with Gasteiger partial charge in [0.05, 0.1) is 0 Å². The van der Waals surface area contributed by atoms with Crippen LogP contribution in [0.1, 0.15) is 71.9 Å². The molecule has 0 saturated carbocycles. The maximum absolute atomic E-state index is 2.44. The van der Waals surface area contributed by atoms with Crippen molar-refractivity contribution in [2.24, 2.45) is 5.41 Å². The summed E-state index contributed by atoms with van der Waals surface area (Å²) in [5, 5.41) is 0. The molecule has 0 amide bonds. The van der Waals surface area contributed by atoms with Gasteiger partial charge < -0.3 is 0 Å². The van der Waals surface area contributed by atoms with E-state index in [2.05, 4.69) is 101 Å². The van der Waals surface area contributed by atoms with E-state index < -0.39 is 0 Å². The summed E-state index contributed by atoms with van der Waals surface area (Å²) in [6.07, 6.45) is 15.0. The van der Waals surface area contributed by atoms with Gasteiger partial charge in [-0.3, -0.25) is 4.90 Å². The molecule has 1 aliphatic rings. The van der Waals surface area contributed by atoms with Gasteiger partial charge in [-0.25, -0.2) is 0 Å². The number of hydrogen-bond acceptors (Lipinski definition) is 1. The predicted molar refractivity (Wildman–Crippen MR) is 125 cm³/mol. The summed E-state index contributed by atoms with van der Waals surface area (Å²) in [5.41, 5.74) is 7.32. The van der Waals surface area contributed by atoms with Crippen LogP contribution in [-0.2, 0) is 6.54 Å². The Labute approximate surface area is 173 Å². The Morgan fingerprint density at radius 2 is 1.75 bits per heavy atom. The second kappa shape index (κ2) is 10.6. The fourth-order valence-electron chi connectivity index (χ4n) is 4.03. The molecule has 0 radical (unpaired) electrons. The molecule has 0 saturated heterocycles. The lowest BCUT2D eigenvalue weighted by Gasteiger charge is -2.32. The lowest BCUT2D eigenvalue weighted by Crippen LogP contribution is -2.21. The zero-order chi connectivity index (χ0) is 20.6. The molecule has 1 nitrogen and oxygen atoms in total. The normalized spacial score (nSPS) is 18.0. The third kappa shape index (κ3) is 6.63. The maximum Gasteiger partial charge on any atom is 0.0233 e. The number of benzene rings is 1. The molecule has 1 aliphatic carbocycles. The Morgan fingerprint density at radius 1 is 1.07 bits per heavy atom. The first-order valence-corrected chi connectivity index (χ1v) is 10.9. The van der Waals surface area contributed by atoms with Gasteiger partial charge in [-0.05, 0) is 68.3 Å². The Morgan fingerprint density at radius 3 is 2.36 bits per heavy atom. The van der Waals surface area contributed by atoms with Crippen LogP contribution >= 0.6 is 0 Å². The Balaban J connectivity index is 1.98. The van der Waals surface area contributed by atoms with E-state index in [0.29, 0.717) is 5.41 Å². The Bertz CT molecular complexity index is 737. The van der Waals surface area contributed by atoms with E-state index in [4.69, 9.17) is 0 Å². The van der Waals surface area contributed by atoms with Crippen LogP contribution in [0.25, 0.3) is 6.08 Å². The molecule has 0 bridgehead atoms. The predicted octanol–water partition coefficient (Wildman–Crippen LogP) is 7.57. The molecule has 0 aromatic heterocycles. The SMILES string of the molecule is CCN(CC)Cc1ccc(/C=C/C=C(C)/C=C/C2=C(C)CCCC2(C)C)cc1. The first kappa shape index (κ1) is 22.4. The molecule has 2 rings (SSSR count). The average Bonchev–Trinajstić information content (AvgIpc) is 2.66. The van der Waals surface area contributed by atoms with Crippen LogP contribution in [0.3, 0.4) is 0 Å². The van der Waals surface area contributed by atoms with Gasteiger partial charge in [0.2, 0.25) is 0 Å². The molecule has 28 heavy (non-hydrogen) atoms. The van der Waals surface area contributed by atoms with Crippen molar-refractivity contribution in [2.45, 2.75) is 67.3 Å². The molecule has 152 valence electrons. The maximum atomic E-state index is 2.44. The second-order valence-corrected chi connectivity index (χ2v) is 8.74. The van der Waals surface area contributed by atoms with E-state index in [0.717, 1.165) is 19.6 Å². The monoisotopic (exact) mass is 377 g/mol. The molecular weight excluding hydrogens is 338 g/mol. The van der Waals surface area contributed by atoms with Gasteiger partial charge >= 0.3 is 0 Å². The fourth-order valence-corrected chi connectivity index (χ4v) is 4.03. The lowest BCUT2D eigenvalue weighted by molar-refractivity contribution is 0.296. The molecule has 0 N–H and O–H groups in total. The van der Waals surface area contributed by atoms with Crippen molar-refractivity contribution in [3.05, 3.63) is 76.4 Å². The van der Waals surface area contributed by atoms with Crippen LogP contribution < -0.4 is 0 Å². The fraction of sp³-hybridized carbons (Fsp3) is 0.481. The minimum absolute atomic E-state index is 0.307. The Hall–Kier alpha value is -1.86. The highest BCUT2D eigenvalue weighted by Gasteiger charge is 2.26. The summed E-state index contributed by atoms with van der Waals surface area (Å²) in [7, 11) is 0. The van der Waals surface area contributed by atoms with Crippen LogP contribution in [0.5, 0.6) is 0 Å². The molecule has 0 heterocycles. The molecule has 0 fully saturated rings. The van der Waals surface area contributed by atoms with Crippen molar-refractivity contribution in [3.8, 4) is 0 Å². The highest BCUT2D eigenvalue weighted by Crippen LogP contribution is 2.40. The molecule has 0 spiro atoms. The first-order chi connectivity index (χ1) is 13.4. The molecular formula is C27H39N. The van der Waals surface area contributed by atoms with E-state index in [1.807, 2.05) is 0 Å². The summed E-state index contributed by atoms with van der Waals surface area (Å²) in [5.74, 6) is 0. The third-order valence-corrected chi connectivity index (χ3v) is 5.98. The summed E-state index contributed by atoms with van der Waals surface area (Å²) in [6.45, 7) is 16.9. The smallest absolute Gasteiger partial charge is 0.0233 e. The van der Waals surface area contributed by atoms with Crippen LogP contribution in [0.2, 0.25) is 0 Å². The standard InChI is InChI=1S/C27H39N/c1-7-28(8-2)21-25-17-15-24(16-18-25)13-9-11-22(3)14-19-26-23(4)12-10-20-27(26,5)6/h9,11,13-19H,7-8,10,12,20-21H2,1-6H3/b13-9+,19-14+,22-11+. The molecule has 0 aliphatic heterocycles. The zero-order valence-corrected chi connectivity index (χ0v) is 18.9. The highest BCUT2D eigenvalue weighted by molar-refractivity contribution is 5.52. The molecule has 0 unspecified atom stereocenters. The summed E-state index contributed by atoms with van der Waals surface area (Å²) >= 11 is 0. The third-order valence-electron chi connectivity index (χ3n) is 5.98. The van der Waals surface area contributed by atoms with E-state index in [-0.39, 0.29) is 0 Å². The summed E-state index contributed by atoms with van der Waals surface area (Å²) in [4.78, 5) is 2.44. The van der Waals surface area contributed by atoms with E-state index in [9.17, 15) is 0 Å². The van der Waals surface area contributed by atoms with Gasteiger partial charge in [0, 0.05) is 6.54 Å². The largest absolute Gasteiger partial charge is 0.300 e. The summed E-state index contributed by atoms with van der Waals surface area (Å²) < 4.78 is 0. The minimum atomic E-state index is 0.307. The second-order valence-electron chi connectivity index (χ2n) is 8.74. The molecule has 1 aromatic carbocycles. The van der Waals surface area contributed by atoms with E-state index in [1.165, 1.54) is 41.5 Å². The van der Waals surface area contributed by atoms with Crippen LogP contribution in [0.4, 0.5) is 0 Å². The highest BCUT2D eigenvalue weighted by atomic mass is 15.1. The number of hydrogen-bond donors (Lipinski definition) is 0. The zero-order valence-electron chi connectivity index (χ0n) is 18.9. The molecule has 1 aromatic rings.